The Bertz CT molecular complexity index is 1050. The third-order valence-corrected chi connectivity index (χ3v) is 4.25. The number of rotatable bonds is 10. The second kappa shape index (κ2) is 12.3. The minimum Gasteiger partial charge on any atom is -0.493 e. The Balaban J connectivity index is 2.15. The summed E-state index contributed by atoms with van der Waals surface area (Å²) in [6.07, 6.45) is -10.1. The molecule has 0 aliphatic carbocycles. The number of benzene rings is 2. The van der Waals surface area contributed by atoms with Crippen molar-refractivity contribution in [3.05, 3.63) is 65.4 Å². The first-order valence-electron chi connectivity index (χ1n) is 10.4. The average Bonchev–Trinajstić information content (AvgIpc) is 2.76. The van der Waals surface area contributed by atoms with Crippen molar-refractivity contribution in [3.8, 4) is 11.5 Å². The molecule has 0 aliphatic heterocycles. The van der Waals surface area contributed by atoms with Crippen molar-refractivity contribution >= 4 is 17.9 Å². The van der Waals surface area contributed by atoms with Gasteiger partial charge in [0, 0.05) is 12.1 Å². The third-order valence-electron chi connectivity index (χ3n) is 4.25. The Morgan fingerprint density at radius 1 is 0.972 bits per heavy atom. The number of ether oxygens (including phenoxy) is 2. The van der Waals surface area contributed by atoms with E-state index in [9.17, 15) is 41.0 Å². The van der Waals surface area contributed by atoms with Gasteiger partial charge in [-0.05, 0) is 55.0 Å². The van der Waals surface area contributed by atoms with E-state index >= 15 is 0 Å². The molecule has 196 valence electrons. The number of nitrogens with one attached hydrogen (secondary N) is 2. The zero-order chi connectivity index (χ0) is 26.9. The number of amides is 2. The zero-order valence-corrected chi connectivity index (χ0v) is 18.7. The fourth-order valence-electron chi connectivity index (χ4n) is 2.61. The van der Waals surface area contributed by atoms with Gasteiger partial charge < -0.3 is 25.2 Å². The molecule has 0 spiro atoms. The van der Waals surface area contributed by atoms with E-state index < -0.39 is 49.2 Å². The van der Waals surface area contributed by atoms with E-state index in [4.69, 9.17) is 4.74 Å². The maximum atomic E-state index is 12.6. The maximum Gasteiger partial charge on any atom is 0.573 e. The molecule has 36 heavy (non-hydrogen) atoms. The third kappa shape index (κ3) is 10.7. The molecule has 2 rings (SSSR count). The molecule has 2 aromatic rings. The molecule has 0 saturated carbocycles. The number of halogens is 6. The summed E-state index contributed by atoms with van der Waals surface area (Å²) >= 11 is 0. The van der Waals surface area contributed by atoms with Crippen LogP contribution in [0.25, 0.3) is 6.08 Å². The SMILES string of the molecule is C[C@H](O)CNC(=O)C(=Cc1ccc(OC(F)(F)F)cc1)NC(=O)c1ccc(OCCC(F)(F)F)cc1. The van der Waals surface area contributed by atoms with Crippen molar-refractivity contribution in [1.82, 2.24) is 10.6 Å². The van der Waals surface area contributed by atoms with E-state index in [-0.39, 0.29) is 29.1 Å². The van der Waals surface area contributed by atoms with E-state index in [1.807, 2.05) is 0 Å². The Labute approximate surface area is 201 Å². The van der Waals surface area contributed by atoms with Gasteiger partial charge >= 0.3 is 12.5 Å². The van der Waals surface area contributed by atoms with E-state index in [2.05, 4.69) is 15.4 Å². The second-order valence-corrected chi connectivity index (χ2v) is 7.43. The smallest absolute Gasteiger partial charge is 0.493 e. The van der Waals surface area contributed by atoms with Crippen LogP contribution in [0, 0.1) is 0 Å². The van der Waals surface area contributed by atoms with Crippen LogP contribution in [-0.4, -0.2) is 48.7 Å². The van der Waals surface area contributed by atoms with Crippen molar-refractivity contribution in [2.24, 2.45) is 0 Å². The molecule has 2 aromatic carbocycles. The summed E-state index contributed by atoms with van der Waals surface area (Å²) in [6.45, 7) is 0.673. The highest BCUT2D eigenvalue weighted by atomic mass is 19.4. The molecule has 3 N–H and O–H groups in total. The number of hydrogen-bond donors (Lipinski definition) is 3. The van der Waals surface area contributed by atoms with Crippen LogP contribution >= 0.6 is 0 Å². The van der Waals surface area contributed by atoms with E-state index in [0.717, 1.165) is 12.1 Å². The van der Waals surface area contributed by atoms with Crippen LogP contribution in [0.5, 0.6) is 11.5 Å². The molecule has 0 aromatic heterocycles. The normalized spacial score (nSPS) is 13.1. The molecule has 0 aliphatic rings. The quantitative estimate of drug-likeness (QED) is 0.323. The van der Waals surface area contributed by atoms with E-state index in [1.54, 1.807) is 0 Å². The minimum absolute atomic E-state index is 0.0429. The first-order chi connectivity index (χ1) is 16.7. The first-order valence-corrected chi connectivity index (χ1v) is 10.4. The van der Waals surface area contributed by atoms with Gasteiger partial charge in [-0.1, -0.05) is 12.1 Å². The maximum absolute atomic E-state index is 12.6. The highest BCUT2D eigenvalue weighted by Crippen LogP contribution is 2.23. The largest absolute Gasteiger partial charge is 0.573 e. The summed E-state index contributed by atoms with van der Waals surface area (Å²) in [5, 5.41) is 14.1. The summed E-state index contributed by atoms with van der Waals surface area (Å²) in [7, 11) is 0. The molecule has 0 bridgehead atoms. The molecular formula is C23H22F6N2O5. The van der Waals surface area contributed by atoms with Crippen LogP contribution < -0.4 is 20.1 Å². The van der Waals surface area contributed by atoms with Gasteiger partial charge in [-0.3, -0.25) is 9.59 Å². The van der Waals surface area contributed by atoms with Gasteiger partial charge in [-0.25, -0.2) is 0 Å². The lowest BCUT2D eigenvalue weighted by Crippen LogP contribution is -2.37. The Morgan fingerprint density at radius 3 is 2.08 bits per heavy atom. The van der Waals surface area contributed by atoms with Crippen molar-refractivity contribution < 1.29 is 50.5 Å². The molecule has 7 nitrogen and oxygen atoms in total. The van der Waals surface area contributed by atoms with Gasteiger partial charge in [-0.15, -0.1) is 13.2 Å². The molecule has 0 unspecified atom stereocenters. The number of carbonyl (C=O) groups excluding carboxylic acids is 2. The average molecular weight is 520 g/mol. The lowest BCUT2D eigenvalue weighted by molar-refractivity contribution is -0.274. The molecule has 13 heteroatoms. The van der Waals surface area contributed by atoms with E-state index in [0.29, 0.717) is 0 Å². The summed E-state index contributed by atoms with van der Waals surface area (Å²) < 4.78 is 82.4. The molecule has 0 radical (unpaired) electrons. The van der Waals surface area contributed by atoms with Crippen LogP contribution in [0.2, 0.25) is 0 Å². The Kier molecular flexibility index (Phi) is 9.73. The molecule has 0 saturated heterocycles. The zero-order valence-electron chi connectivity index (χ0n) is 18.7. The standard InChI is InChI=1S/C23H22F6N2O5/c1-14(32)13-30-21(34)19(12-15-2-6-18(7-3-15)36-23(27,28)29)31-20(33)16-4-8-17(9-5-16)35-11-10-22(24,25)26/h2-9,12,14,32H,10-11,13H2,1H3,(H,30,34)(H,31,33)/t14-/m0/s1. The monoisotopic (exact) mass is 520 g/mol. The fraction of sp³-hybridized carbons (Fsp3) is 0.304. The highest BCUT2D eigenvalue weighted by molar-refractivity contribution is 6.05. The predicted molar refractivity (Wildman–Crippen MR) is 116 cm³/mol. The Hall–Kier alpha value is -3.74. The first kappa shape index (κ1) is 28.5. The lowest BCUT2D eigenvalue weighted by atomic mass is 10.1. The Morgan fingerprint density at radius 2 is 1.56 bits per heavy atom. The van der Waals surface area contributed by atoms with Crippen LogP contribution in [-0.2, 0) is 4.79 Å². The van der Waals surface area contributed by atoms with Crippen molar-refractivity contribution in [1.29, 1.82) is 0 Å². The van der Waals surface area contributed by atoms with Crippen molar-refractivity contribution in [3.63, 3.8) is 0 Å². The van der Waals surface area contributed by atoms with Gasteiger partial charge in [0.15, 0.2) is 0 Å². The van der Waals surface area contributed by atoms with Crippen molar-refractivity contribution in [2.75, 3.05) is 13.2 Å². The summed E-state index contributed by atoms with van der Waals surface area (Å²) in [5.74, 6) is -1.93. The molecule has 0 heterocycles. The minimum atomic E-state index is -4.88. The number of carbonyl (C=O) groups is 2. The van der Waals surface area contributed by atoms with Crippen LogP contribution in [0.15, 0.2) is 54.2 Å². The lowest BCUT2D eigenvalue weighted by Gasteiger charge is -2.13. The highest BCUT2D eigenvalue weighted by Gasteiger charge is 2.31. The van der Waals surface area contributed by atoms with Gasteiger partial charge in [-0.2, -0.15) is 13.2 Å². The second-order valence-electron chi connectivity index (χ2n) is 7.43. The number of aliphatic hydroxyl groups is 1. The van der Waals surface area contributed by atoms with Crippen molar-refractivity contribution in [2.45, 2.75) is 32.0 Å². The summed E-state index contributed by atoms with van der Waals surface area (Å²) in [6, 6.07) is 9.58. The van der Waals surface area contributed by atoms with E-state index in [1.165, 1.54) is 49.4 Å². The number of hydrogen-bond acceptors (Lipinski definition) is 5. The van der Waals surface area contributed by atoms with Crippen LogP contribution in [0.1, 0.15) is 29.3 Å². The van der Waals surface area contributed by atoms with Crippen LogP contribution in [0.4, 0.5) is 26.3 Å². The van der Waals surface area contributed by atoms with Crippen LogP contribution in [0.3, 0.4) is 0 Å². The number of aliphatic hydroxyl groups excluding tert-OH is 1. The predicted octanol–water partition coefficient (Wildman–Crippen LogP) is 4.18. The molecule has 2 amide bonds. The molecule has 0 fully saturated rings. The van der Waals surface area contributed by atoms with Gasteiger partial charge in [0.1, 0.15) is 17.2 Å². The van der Waals surface area contributed by atoms with Gasteiger partial charge in [0.25, 0.3) is 11.8 Å². The summed E-state index contributed by atoms with van der Waals surface area (Å²) in [5.41, 5.74) is 0.0115. The molecule has 1 atom stereocenters. The topological polar surface area (TPSA) is 96.9 Å². The fourth-order valence-corrected chi connectivity index (χ4v) is 2.61. The van der Waals surface area contributed by atoms with Gasteiger partial charge in [0.05, 0.1) is 19.1 Å². The molecular weight excluding hydrogens is 498 g/mol. The number of alkyl halides is 6. The summed E-state index contributed by atoms with van der Waals surface area (Å²) in [4.78, 5) is 25.2. The van der Waals surface area contributed by atoms with Gasteiger partial charge in [0.2, 0.25) is 0 Å².